The third-order valence-corrected chi connectivity index (χ3v) is 3.49. The number of halogens is 1. The quantitative estimate of drug-likeness (QED) is 0.665. The molecule has 0 saturated heterocycles. The van der Waals surface area contributed by atoms with Crippen molar-refractivity contribution in [1.82, 2.24) is 14.6 Å². The Bertz CT molecular complexity index is 792. The second-order valence-corrected chi connectivity index (χ2v) is 8.19. The van der Waals surface area contributed by atoms with Gasteiger partial charge in [-0.25, -0.2) is 14.1 Å². The molecule has 0 saturated carbocycles. The van der Waals surface area contributed by atoms with Crippen LogP contribution in [0.5, 0.6) is 0 Å². The van der Waals surface area contributed by atoms with E-state index in [4.69, 9.17) is 9.47 Å². The van der Waals surface area contributed by atoms with Crippen molar-refractivity contribution in [2.75, 3.05) is 4.90 Å². The van der Waals surface area contributed by atoms with E-state index in [9.17, 15) is 9.59 Å². The highest BCUT2D eigenvalue weighted by Gasteiger charge is 2.35. The summed E-state index contributed by atoms with van der Waals surface area (Å²) in [5, 5.41) is 4.82. The molecule has 26 heavy (non-hydrogen) atoms. The van der Waals surface area contributed by atoms with Gasteiger partial charge in [0.25, 0.3) is 5.95 Å². The summed E-state index contributed by atoms with van der Waals surface area (Å²) in [5.41, 5.74) is -0.279. The summed E-state index contributed by atoms with van der Waals surface area (Å²) in [6.07, 6.45) is -1.80. The Morgan fingerprint density at radius 1 is 1.08 bits per heavy atom. The smallest absolute Gasteiger partial charge is 0.427 e. The first-order valence-electron chi connectivity index (χ1n) is 8.08. The zero-order chi connectivity index (χ0) is 19.7. The molecule has 0 spiro atoms. The molecular formula is C17H23BrN4O4. The van der Waals surface area contributed by atoms with Crippen molar-refractivity contribution in [1.29, 1.82) is 0 Å². The molecule has 0 bridgehead atoms. The number of hydrogen-bond acceptors (Lipinski definition) is 6. The van der Waals surface area contributed by atoms with Gasteiger partial charge in [0.1, 0.15) is 11.2 Å². The zero-order valence-electron chi connectivity index (χ0n) is 15.7. The molecule has 8 nitrogen and oxygen atoms in total. The van der Waals surface area contributed by atoms with Crippen molar-refractivity contribution in [3.8, 4) is 0 Å². The summed E-state index contributed by atoms with van der Waals surface area (Å²) in [6.45, 7) is 10.2. The molecule has 0 N–H and O–H groups in total. The number of carbonyl (C=O) groups excluding carboxylic acids is 2. The molecule has 142 valence electrons. The van der Waals surface area contributed by atoms with Crippen LogP contribution in [0.15, 0.2) is 18.2 Å². The van der Waals surface area contributed by atoms with Crippen LogP contribution < -0.4 is 4.90 Å². The first-order valence-corrected chi connectivity index (χ1v) is 9.20. The van der Waals surface area contributed by atoms with Gasteiger partial charge >= 0.3 is 12.2 Å². The fourth-order valence-electron chi connectivity index (χ4n) is 2.00. The van der Waals surface area contributed by atoms with E-state index in [2.05, 4.69) is 26.0 Å². The zero-order valence-corrected chi connectivity index (χ0v) is 17.3. The maximum Gasteiger partial charge on any atom is 0.427 e. The molecule has 2 aromatic rings. The Labute approximate surface area is 160 Å². The van der Waals surface area contributed by atoms with Crippen LogP contribution in [0.1, 0.15) is 47.2 Å². The second kappa shape index (κ2) is 7.22. The second-order valence-electron chi connectivity index (χ2n) is 7.63. The van der Waals surface area contributed by atoms with Gasteiger partial charge in [-0.2, -0.15) is 4.98 Å². The van der Waals surface area contributed by atoms with Crippen LogP contribution in [-0.4, -0.2) is 38.0 Å². The van der Waals surface area contributed by atoms with Crippen molar-refractivity contribution in [2.24, 2.45) is 0 Å². The molecule has 0 aliphatic heterocycles. The fourth-order valence-corrected chi connectivity index (χ4v) is 2.42. The highest BCUT2D eigenvalue weighted by Crippen LogP contribution is 2.20. The number of aromatic nitrogens is 3. The molecule has 0 radical (unpaired) electrons. The van der Waals surface area contributed by atoms with Gasteiger partial charge in [-0.15, -0.1) is 10.00 Å². The normalized spacial score (nSPS) is 12.1. The monoisotopic (exact) mass is 426 g/mol. The van der Waals surface area contributed by atoms with Crippen molar-refractivity contribution in [3.05, 3.63) is 23.9 Å². The number of pyridine rings is 1. The maximum absolute atomic E-state index is 12.6. The number of nitrogens with zero attached hydrogens (tertiary/aromatic N) is 4. The van der Waals surface area contributed by atoms with Gasteiger partial charge in [-0.3, -0.25) is 0 Å². The lowest BCUT2D eigenvalue weighted by Crippen LogP contribution is -2.44. The Kier molecular flexibility index (Phi) is 5.60. The van der Waals surface area contributed by atoms with Gasteiger partial charge in [-0.05, 0) is 53.7 Å². The van der Waals surface area contributed by atoms with E-state index in [1.54, 1.807) is 52.1 Å². The van der Waals surface area contributed by atoms with Gasteiger partial charge in [0.2, 0.25) is 0 Å². The van der Waals surface area contributed by atoms with Crippen LogP contribution in [-0.2, 0) is 14.8 Å². The average Bonchev–Trinajstić information content (AvgIpc) is 2.86. The third kappa shape index (κ3) is 4.94. The van der Waals surface area contributed by atoms with Crippen LogP contribution in [0.3, 0.4) is 0 Å². The standard InChI is InChI=1S/C17H23BrN4O4/c1-16(2,3)25-14(23)21(15(24)26-17(4,5)6)13-19-12-9-7-8-11(10-18)22(12)20-13/h7-9H,10H2,1-6H3. The lowest BCUT2D eigenvalue weighted by molar-refractivity contribution is 0.0427. The minimum atomic E-state index is -0.900. The summed E-state index contributed by atoms with van der Waals surface area (Å²) in [4.78, 5) is 30.2. The molecule has 0 atom stereocenters. The first-order chi connectivity index (χ1) is 11.9. The molecule has 2 rings (SSSR count). The topological polar surface area (TPSA) is 86.0 Å². The lowest BCUT2D eigenvalue weighted by atomic mass is 10.2. The number of amides is 2. The summed E-state index contributed by atoms with van der Waals surface area (Å²) < 4.78 is 12.2. The Morgan fingerprint density at radius 3 is 2.08 bits per heavy atom. The summed E-state index contributed by atoms with van der Waals surface area (Å²) >= 11 is 3.38. The van der Waals surface area contributed by atoms with Gasteiger partial charge in [-0.1, -0.05) is 22.0 Å². The van der Waals surface area contributed by atoms with E-state index in [0.29, 0.717) is 15.9 Å². The van der Waals surface area contributed by atoms with Crippen LogP contribution in [0, 0.1) is 0 Å². The predicted molar refractivity (Wildman–Crippen MR) is 101 cm³/mol. The molecule has 2 aromatic heterocycles. The minimum absolute atomic E-state index is 0.109. The highest BCUT2D eigenvalue weighted by molar-refractivity contribution is 9.08. The third-order valence-electron chi connectivity index (χ3n) is 2.92. The van der Waals surface area contributed by atoms with E-state index in [1.165, 1.54) is 0 Å². The van der Waals surface area contributed by atoms with Crippen LogP contribution in [0.25, 0.3) is 5.65 Å². The molecule has 0 aliphatic carbocycles. The fraction of sp³-hybridized carbons (Fsp3) is 0.529. The molecule has 2 heterocycles. The number of carbonyl (C=O) groups is 2. The summed E-state index contributed by atoms with van der Waals surface area (Å²) in [5.74, 6) is -0.109. The van der Waals surface area contributed by atoms with Crippen LogP contribution in [0.2, 0.25) is 0 Å². The molecule has 0 aliphatic rings. The SMILES string of the molecule is CC(C)(C)OC(=O)N(C(=O)OC(C)(C)C)c1nc2cccc(CBr)n2n1. The number of anilines is 1. The molecule has 2 amide bonds. The van der Waals surface area contributed by atoms with E-state index < -0.39 is 23.4 Å². The van der Waals surface area contributed by atoms with Gasteiger partial charge in [0.05, 0.1) is 5.69 Å². The van der Waals surface area contributed by atoms with Crippen molar-refractivity contribution in [3.63, 3.8) is 0 Å². The van der Waals surface area contributed by atoms with Crippen LogP contribution >= 0.6 is 15.9 Å². The number of ether oxygens (including phenoxy) is 2. The summed E-state index contributed by atoms with van der Waals surface area (Å²) in [6, 6.07) is 5.40. The van der Waals surface area contributed by atoms with Gasteiger partial charge in [0, 0.05) is 5.33 Å². The number of hydrogen-bond donors (Lipinski definition) is 0. The molecule has 0 unspecified atom stereocenters. The van der Waals surface area contributed by atoms with E-state index in [0.717, 1.165) is 5.69 Å². The maximum atomic E-state index is 12.6. The van der Waals surface area contributed by atoms with Crippen LogP contribution in [0.4, 0.5) is 15.5 Å². The molecule has 0 fully saturated rings. The Hall–Kier alpha value is -2.16. The van der Waals surface area contributed by atoms with Gasteiger partial charge < -0.3 is 9.47 Å². The predicted octanol–water partition coefficient (Wildman–Crippen LogP) is 4.30. The largest absolute Gasteiger partial charge is 0.443 e. The van der Waals surface area contributed by atoms with E-state index >= 15 is 0 Å². The molecule has 9 heteroatoms. The number of fused-ring (bicyclic) bond motifs is 1. The first kappa shape index (κ1) is 20.2. The van der Waals surface area contributed by atoms with Crippen molar-refractivity contribution >= 4 is 39.7 Å². The van der Waals surface area contributed by atoms with E-state index in [-0.39, 0.29) is 5.95 Å². The summed E-state index contributed by atoms with van der Waals surface area (Å²) in [7, 11) is 0. The minimum Gasteiger partial charge on any atom is -0.443 e. The Balaban J connectivity index is 2.49. The number of rotatable bonds is 2. The van der Waals surface area contributed by atoms with E-state index in [1.807, 2.05) is 12.1 Å². The number of alkyl halides is 1. The average molecular weight is 427 g/mol. The molecule has 0 aromatic carbocycles. The van der Waals surface area contributed by atoms with Crippen molar-refractivity contribution < 1.29 is 19.1 Å². The Morgan fingerprint density at radius 2 is 1.62 bits per heavy atom. The number of imide groups is 1. The van der Waals surface area contributed by atoms with Crippen molar-refractivity contribution in [2.45, 2.75) is 58.1 Å². The molecular weight excluding hydrogens is 404 g/mol. The highest BCUT2D eigenvalue weighted by atomic mass is 79.9. The van der Waals surface area contributed by atoms with Gasteiger partial charge in [0.15, 0.2) is 5.65 Å². The lowest BCUT2D eigenvalue weighted by Gasteiger charge is -2.26.